The largest absolute Gasteiger partial charge is 0.504 e. The second-order valence-electron chi connectivity index (χ2n) is 11.9. The minimum atomic E-state index is -1.14. The molecule has 2 aliphatic heterocycles. The van der Waals surface area contributed by atoms with Crippen LogP contribution in [0.3, 0.4) is 0 Å². The fourth-order valence-electron chi connectivity index (χ4n) is 7.91. The molecule has 5 heteroatoms. The molecule has 2 bridgehead atoms. The van der Waals surface area contributed by atoms with Crippen molar-refractivity contribution in [2.45, 2.75) is 55.3 Å². The summed E-state index contributed by atoms with van der Waals surface area (Å²) in [6.45, 7) is 1.84. The monoisotopic (exact) mass is 505 g/mol. The van der Waals surface area contributed by atoms with Crippen LogP contribution in [0, 0.1) is 5.92 Å². The highest BCUT2D eigenvalue weighted by atomic mass is 16.5. The van der Waals surface area contributed by atoms with Gasteiger partial charge in [-0.2, -0.15) is 0 Å². The molecule has 1 spiro atoms. The lowest BCUT2D eigenvalue weighted by atomic mass is 9.48. The summed E-state index contributed by atoms with van der Waals surface area (Å²) in [5.74, 6) is 1.11. The van der Waals surface area contributed by atoms with Gasteiger partial charge in [-0.15, -0.1) is 0 Å². The molecule has 4 atom stereocenters. The van der Waals surface area contributed by atoms with E-state index in [4.69, 9.17) is 4.74 Å². The number of phenols is 1. The third-order valence-corrected chi connectivity index (χ3v) is 9.89. The van der Waals surface area contributed by atoms with Gasteiger partial charge >= 0.3 is 0 Å². The van der Waals surface area contributed by atoms with Crippen molar-refractivity contribution in [3.63, 3.8) is 0 Å². The number of aliphatic hydroxyl groups is 1. The number of piperidine rings is 1. The number of likely N-dealkylation sites (tertiary alicyclic amines) is 1. The van der Waals surface area contributed by atoms with Gasteiger partial charge in [0.1, 0.15) is 0 Å². The molecule has 0 radical (unpaired) electrons. The number of carbonyl (C=O) groups excluding carboxylic acids is 1. The van der Waals surface area contributed by atoms with Crippen LogP contribution >= 0.6 is 0 Å². The molecule has 38 heavy (non-hydrogen) atoms. The van der Waals surface area contributed by atoms with Crippen LogP contribution in [0.15, 0.2) is 72.3 Å². The Morgan fingerprint density at radius 2 is 1.76 bits per heavy atom. The van der Waals surface area contributed by atoms with E-state index in [-0.39, 0.29) is 17.6 Å². The zero-order valence-electron chi connectivity index (χ0n) is 21.3. The molecule has 5 nitrogen and oxygen atoms in total. The van der Waals surface area contributed by atoms with Gasteiger partial charge in [0.15, 0.2) is 23.4 Å². The number of aromatic hydroxyl groups is 1. The maximum absolute atomic E-state index is 14.1. The van der Waals surface area contributed by atoms with Crippen molar-refractivity contribution < 1.29 is 19.7 Å². The number of carbonyl (C=O) groups is 1. The fraction of sp³-hybridized carbons (Fsp3) is 0.364. The van der Waals surface area contributed by atoms with E-state index >= 15 is 0 Å². The number of ketones is 1. The van der Waals surface area contributed by atoms with Crippen molar-refractivity contribution in [1.82, 2.24) is 4.90 Å². The molecule has 3 aromatic rings. The minimum absolute atomic E-state index is 0.0589. The molecule has 8 rings (SSSR count). The molecule has 3 unspecified atom stereocenters. The topological polar surface area (TPSA) is 70.0 Å². The Balaban J connectivity index is 1.22. The first-order valence-corrected chi connectivity index (χ1v) is 13.9. The van der Waals surface area contributed by atoms with E-state index in [1.165, 1.54) is 12.8 Å². The lowest BCUT2D eigenvalue weighted by Gasteiger charge is -2.62. The molecular weight excluding hydrogens is 474 g/mol. The quantitative estimate of drug-likeness (QED) is 0.495. The van der Waals surface area contributed by atoms with Gasteiger partial charge < -0.3 is 14.9 Å². The van der Waals surface area contributed by atoms with Crippen LogP contribution in [0.4, 0.5) is 0 Å². The van der Waals surface area contributed by atoms with E-state index < -0.39 is 17.1 Å². The maximum Gasteiger partial charge on any atom is 0.200 e. The Labute approximate surface area is 222 Å². The van der Waals surface area contributed by atoms with Crippen LogP contribution in [0.2, 0.25) is 0 Å². The second-order valence-corrected chi connectivity index (χ2v) is 11.9. The van der Waals surface area contributed by atoms with E-state index in [1.54, 1.807) is 6.07 Å². The van der Waals surface area contributed by atoms with Crippen molar-refractivity contribution in [1.29, 1.82) is 0 Å². The van der Waals surface area contributed by atoms with Crippen LogP contribution in [-0.2, 0) is 16.6 Å². The number of Topliss-reactive ketones (excluding diaryl/α,β-unsaturated/α-hetero) is 1. The number of hydrogen-bond acceptors (Lipinski definition) is 5. The van der Waals surface area contributed by atoms with E-state index in [1.807, 2.05) is 42.5 Å². The molecular formula is C33H31NO4. The van der Waals surface area contributed by atoms with E-state index in [9.17, 15) is 15.0 Å². The van der Waals surface area contributed by atoms with Gasteiger partial charge in [0, 0.05) is 30.1 Å². The molecule has 5 aliphatic rings. The van der Waals surface area contributed by atoms with Crippen LogP contribution < -0.4 is 4.74 Å². The third kappa shape index (κ3) is 2.97. The van der Waals surface area contributed by atoms with E-state index in [0.29, 0.717) is 36.5 Å². The Kier molecular flexibility index (Phi) is 4.64. The molecule has 1 saturated heterocycles. The summed E-state index contributed by atoms with van der Waals surface area (Å²) in [6.07, 6.45) is 5.30. The highest BCUT2D eigenvalue weighted by Crippen LogP contribution is 2.65. The lowest BCUT2D eigenvalue weighted by molar-refractivity contribution is -0.179. The predicted molar refractivity (Wildman–Crippen MR) is 145 cm³/mol. The van der Waals surface area contributed by atoms with Gasteiger partial charge in [0.2, 0.25) is 0 Å². The molecule has 2 N–H and O–H groups in total. The van der Waals surface area contributed by atoms with Gasteiger partial charge in [-0.05, 0) is 72.5 Å². The Morgan fingerprint density at radius 1 is 1.00 bits per heavy atom. The standard InChI is InChI=1S/C33H31NO4/c35-26-13-12-24-17-27-33(37)18-25(16-20-8-10-23(11-9-20)22-4-2-1-3-5-22)29(36)31-32(33,28(24)30(26)38-31)14-15-34(27)19-21-6-7-21/h1-5,8-13,16,21,27,31,35,37H,6-7,14-15,17-19H2/b25-16+/t27?,31?,32?,33-/m1/s1. The molecule has 3 aromatic carbocycles. The van der Waals surface area contributed by atoms with E-state index in [0.717, 1.165) is 40.9 Å². The van der Waals surface area contributed by atoms with Crippen molar-refractivity contribution >= 4 is 11.9 Å². The summed E-state index contributed by atoms with van der Waals surface area (Å²) in [6, 6.07) is 22.0. The van der Waals surface area contributed by atoms with Crippen molar-refractivity contribution in [3.8, 4) is 22.6 Å². The number of benzene rings is 3. The SMILES string of the molecule is O=C1/C(=C/c2ccc(-c3ccccc3)cc2)C[C@@]2(O)C3Cc4ccc(O)c5c4C2(CCN3CC2CC2)C1O5. The van der Waals surface area contributed by atoms with Crippen molar-refractivity contribution in [2.24, 2.45) is 5.92 Å². The number of ether oxygens (including phenoxy) is 1. The molecule has 2 heterocycles. The molecule has 192 valence electrons. The molecule has 0 amide bonds. The first-order valence-electron chi connectivity index (χ1n) is 13.9. The zero-order chi connectivity index (χ0) is 25.6. The van der Waals surface area contributed by atoms with Crippen molar-refractivity contribution in [2.75, 3.05) is 13.1 Å². The van der Waals surface area contributed by atoms with Gasteiger partial charge in [-0.1, -0.05) is 60.7 Å². The second kappa shape index (κ2) is 7.81. The summed E-state index contributed by atoms with van der Waals surface area (Å²) < 4.78 is 6.34. The zero-order valence-corrected chi connectivity index (χ0v) is 21.3. The fourth-order valence-corrected chi connectivity index (χ4v) is 7.91. The number of hydrogen-bond donors (Lipinski definition) is 2. The van der Waals surface area contributed by atoms with Crippen molar-refractivity contribution in [3.05, 3.63) is 89.0 Å². The maximum atomic E-state index is 14.1. The van der Waals surface area contributed by atoms with Gasteiger partial charge in [0.05, 0.1) is 11.0 Å². The average Bonchev–Trinajstić information content (AvgIpc) is 3.67. The van der Waals surface area contributed by atoms with Crippen LogP contribution in [0.25, 0.3) is 17.2 Å². The Morgan fingerprint density at radius 3 is 2.53 bits per heavy atom. The average molecular weight is 506 g/mol. The molecule has 0 aromatic heterocycles. The predicted octanol–water partition coefficient (Wildman–Crippen LogP) is 4.89. The van der Waals surface area contributed by atoms with Crippen LogP contribution in [0.5, 0.6) is 11.5 Å². The van der Waals surface area contributed by atoms with Gasteiger partial charge in [-0.25, -0.2) is 0 Å². The number of rotatable bonds is 4. The summed E-state index contributed by atoms with van der Waals surface area (Å²) in [7, 11) is 0. The van der Waals surface area contributed by atoms with Gasteiger partial charge in [0.25, 0.3) is 0 Å². The normalized spacial score (nSPS) is 32.2. The summed E-state index contributed by atoms with van der Waals surface area (Å²) in [5, 5.41) is 23.5. The summed E-state index contributed by atoms with van der Waals surface area (Å²) in [5.41, 5.74) is 3.84. The Hall–Kier alpha value is -3.41. The van der Waals surface area contributed by atoms with Crippen LogP contribution in [0.1, 0.15) is 42.4 Å². The first-order chi connectivity index (χ1) is 18.5. The highest BCUT2D eigenvalue weighted by molar-refractivity contribution is 6.06. The summed E-state index contributed by atoms with van der Waals surface area (Å²) in [4.78, 5) is 16.5. The smallest absolute Gasteiger partial charge is 0.200 e. The number of nitrogens with zero attached hydrogens (tertiary/aromatic N) is 1. The third-order valence-electron chi connectivity index (χ3n) is 9.89. The van der Waals surface area contributed by atoms with Crippen LogP contribution in [-0.4, -0.2) is 51.7 Å². The van der Waals surface area contributed by atoms with E-state index in [2.05, 4.69) is 29.2 Å². The first kappa shape index (κ1) is 22.6. The molecule has 2 saturated carbocycles. The highest BCUT2D eigenvalue weighted by Gasteiger charge is 2.74. The molecule has 3 fully saturated rings. The number of phenolic OH excluding ortho intramolecular Hbond substituents is 1. The minimum Gasteiger partial charge on any atom is -0.504 e. The molecule has 3 aliphatic carbocycles. The summed E-state index contributed by atoms with van der Waals surface area (Å²) >= 11 is 0. The Bertz CT molecular complexity index is 1490. The van der Waals surface area contributed by atoms with Gasteiger partial charge in [-0.3, -0.25) is 9.69 Å². The lowest BCUT2D eigenvalue weighted by Crippen LogP contribution is -2.77.